The Kier molecular flexibility index (Phi) is 2.74. The summed E-state index contributed by atoms with van der Waals surface area (Å²) >= 11 is 0. The Hall–Kier alpha value is -2.08. The predicted octanol–water partition coefficient (Wildman–Crippen LogP) is 0.897. The van der Waals surface area contributed by atoms with Gasteiger partial charge in [0.1, 0.15) is 12.1 Å². The summed E-state index contributed by atoms with van der Waals surface area (Å²) in [4.78, 5) is 14.7. The number of aromatic carboxylic acids is 1. The van der Waals surface area contributed by atoms with Gasteiger partial charge in [-0.05, 0) is 18.2 Å². The first-order valence-corrected chi connectivity index (χ1v) is 4.58. The van der Waals surface area contributed by atoms with E-state index >= 15 is 0 Å². The highest BCUT2D eigenvalue weighted by atomic mass is 16.6. The van der Waals surface area contributed by atoms with Crippen molar-refractivity contribution in [3.8, 4) is 6.08 Å². The Morgan fingerprint density at radius 2 is 2.31 bits per heavy atom. The van der Waals surface area contributed by atoms with E-state index in [0.29, 0.717) is 11.1 Å². The average Bonchev–Trinajstić information content (AvgIpc) is 2.67. The third kappa shape index (κ3) is 1.96. The van der Waals surface area contributed by atoms with Crippen LogP contribution in [0.2, 0.25) is 0 Å². The first kappa shape index (κ1) is 10.4. The van der Waals surface area contributed by atoms with E-state index in [4.69, 9.17) is 19.4 Å². The van der Waals surface area contributed by atoms with Crippen molar-refractivity contribution >= 4 is 17.1 Å². The summed E-state index contributed by atoms with van der Waals surface area (Å²) < 4.78 is 10.1. The minimum absolute atomic E-state index is 0.0200. The first-order valence-electron chi connectivity index (χ1n) is 4.58. The van der Waals surface area contributed by atoms with E-state index in [9.17, 15) is 4.79 Å². The van der Waals surface area contributed by atoms with Gasteiger partial charge in [-0.2, -0.15) is 4.98 Å². The van der Waals surface area contributed by atoms with Crippen molar-refractivity contribution in [3.05, 3.63) is 23.8 Å². The van der Waals surface area contributed by atoms with Crippen LogP contribution in [-0.2, 0) is 0 Å². The van der Waals surface area contributed by atoms with E-state index in [1.807, 2.05) is 0 Å². The van der Waals surface area contributed by atoms with Crippen molar-refractivity contribution in [2.24, 2.45) is 0 Å². The number of rotatable bonds is 4. The van der Waals surface area contributed by atoms with E-state index in [-0.39, 0.29) is 24.9 Å². The fraction of sp³-hybridized carbons (Fsp3) is 0.200. The molecule has 0 spiro atoms. The van der Waals surface area contributed by atoms with Crippen LogP contribution < -0.4 is 4.74 Å². The average molecular weight is 223 g/mol. The molecule has 0 unspecified atom stereocenters. The van der Waals surface area contributed by atoms with Crippen LogP contribution in [0.5, 0.6) is 6.08 Å². The Morgan fingerprint density at radius 3 is 3.00 bits per heavy atom. The van der Waals surface area contributed by atoms with Gasteiger partial charge in [-0.3, -0.25) is 0 Å². The molecule has 16 heavy (non-hydrogen) atoms. The number of carboxylic acid groups (broad SMARTS) is 1. The monoisotopic (exact) mass is 223 g/mol. The second kappa shape index (κ2) is 4.19. The minimum Gasteiger partial charge on any atom is -0.478 e. The van der Waals surface area contributed by atoms with Crippen LogP contribution in [0.25, 0.3) is 11.1 Å². The molecule has 0 amide bonds. The molecule has 0 radical (unpaired) electrons. The summed E-state index contributed by atoms with van der Waals surface area (Å²) in [6.45, 7) is -0.0578. The lowest BCUT2D eigenvalue weighted by Crippen LogP contribution is -2.01. The van der Waals surface area contributed by atoms with Gasteiger partial charge in [0.05, 0.1) is 12.2 Å². The number of fused-ring (bicyclic) bond motifs is 1. The van der Waals surface area contributed by atoms with Crippen LogP contribution in [0.1, 0.15) is 10.4 Å². The van der Waals surface area contributed by atoms with E-state index in [2.05, 4.69) is 4.98 Å². The molecule has 2 N–H and O–H groups in total. The number of benzene rings is 1. The van der Waals surface area contributed by atoms with Crippen molar-refractivity contribution in [3.63, 3.8) is 0 Å². The Labute approximate surface area is 90.1 Å². The van der Waals surface area contributed by atoms with Crippen LogP contribution in [0, 0.1) is 0 Å². The lowest BCUT2D eigenvalue weighted by Gasteiger charge is -1.94. The molecule has 1 heterocycles. The van der Waals surface area contributed by atoms with Crippen molar-refractivity contribution in [2.45, 2.75) is 0 Å². The van der Waals surface area contributed by atoms with Crippen molar-refractivity contribution in [1.29, 1.82) is 0 Å². The molecule has 0 fully saturated rings. The number of hydrogen-bond acceptors (Lipinski definition) is 5. The normalized spacial score (nSPS) is 10.6. The highest BCUT2D eigenvalue weighted by Crippen LogP contribution is 2.21. The molecule has 0 saturated carbocycles. The zero-order valence-corrected chi connectivity index (χ0v) is 8.21. The van der Waals surface area contributed by atoms with Crippen LogP contribution in [0.3, 0.4) is 0 Å². The van der Waals surface area contributed by atoms with Gasteiger partial charge in [-0.25, -0.2) is 4.79 Å². The van der Waals surface area contributed by atoms with Crippen molar-refractivity contribution < 1.29 is 24.2 Å². The summed E-state index contributed by atoms with van der Waals surface area (Å²) in [5.41, 5.74) is 0.975. The number of hydrogen-bond donors (Lipinski definition) is 2. The van der Waals surface area contributed by atoms with Gasteiger partial charge in [0, 0.05) is 0 Å². The molecule has 0 bridgehead atoms. The molecule has 84 valence electrons. The molecule has 6 heteroatoms. The molecule has 0 saturated heterocycles. The van der Waals surface area contributed by atoms with Gasteiger partial charge in [0.25, 0.3) is 0 Å². The van der Waals surface area contributed by atoms with Gasteiger partial charge >= 0.3 is 12.0 Å². The lowest BCUT2D eigenvalue weighted by molar-refractivity contribution is 0.0697. The third-order valence-corrected chi connectivity index (χ3v) is 1.93. The SMILES string of the molecule is O=C(O)c1ccc2nc(OCCO)oc2c1. The third-order valence-electron chi connectivity index (χ3n) is 1.93. The standard InChI is InChI=1S/C10H9NO5/c12-3-4-15-10-11-7-2-1-6(9(13)14)5-8(7)16-10/h1-2,5,12H,3-4H2,(H,13,14). The Balaban J connectivity index is 2.34. The minimum atomic E-state index is -1.03. The second-order valence-corrected chi connectivity index (χ2v) is 3.04. The van der Waals surface area contributed by atoms with Crippen molar-refractivity contribution in [2.75, 3.05) is 13.2 Å². The largest absolute Gasteiger partial charge is 0.478 e. The molecule has 2 rings (SSSR count). The summed E-state index contributed by atoms with van der Waals surface area (Å²) in [7, 11) is 0. The molecule has 0 aliphatic carbocycles. The summed E-state index contributed by atoms with van der Waals surface area (Å²) in [5, 5.41) is 17.3. The fourth-order valence-corrected chi connectivity index (χ4v) is 1.23. The molecule has 6 nitrogen and oxygen atoms in total. The highest BCUT2D eigenvalue weighted by molar-refractivity contribution is 5.91. The smallest absolute Gasteiger partial charge is 0.394 e. The molecule has 0 aliphatic rings. The number of ether oxygens (including phenoxy) is 1. The number of carbonyl (C=O) groups is 1. The molecule has 1 aromatic carbocycles. The van der Waals surface area contributed by atoms with Crippen LogP contribution >= 0.6 is 0 Å². The van der Waals surface area contributed by atoms with Gasteiger partial charge in [0.15, 0.2) is 5.58 Å². The summed E-state index contributed by atoms with van der Waals surface area (Å²) in [6, 6.07) is 4.34. The molecule has 1 aromatic heterocycles. The van der Waals surface area contributed by atoms with Crippen LogP contribution in [0.15, 0.2) is 22.6 Å². The number of oxazole rings is 1. The summed E-state index contributed by atoms with van der Waals surface area (Å²) in [5.74, 6) is -1.03. The Morgan fingerprint density at radius 1 is 1.50 bits per heavy atom. The van der Waals surface area contributed by atoms with E-state index in [1.54, 1.807) is 0 Å². The molecule has 0 atom stereocenters. The molecule has 2 aromatic rings. The maximum atomic E-state index is 10.7. The molecular weight excluding hydrogens is 214 g/mol. The Bertz CT molecular complexity index is 519. The maximum absolute atomic E-state index is 10.7. The van der Waals surface area contributed by atoms with Crippen LogP contribution in [0.4, 0.5) is 0 Å². The van der Waals surface area contributed by atoms with Crippen molar-refractivity contribution in [1.82, 2.24) is 4.98 Å². The number of aromatic nitrogens is 1. The zero-order valence-electron chi connectivity index (χ0n) is 8.21. The van der Waals surface area contributed by atoms with E-state index in [0.717, 1.165) is 0 Å². The summed E-state index contributed by atoms with van der Waals surface area (Å²) in [6.07, 6.45) is 0.0200. The van der Waals surface area contributed by atoms with Gasteiger partial charge in [-0.1, -0.05) is 0 Å². The maximum Gasteiger partial charge on any atom is 0.394 e. The van der Waals surface area contributed by atoms with Gasteiger partial charge in [0.2, 0.25) is 0 Å². The second-order valence-electron chi connectivity index (χ2n) is 3.04. The predicted molar refractivity (Wildman–Crippen MR) is 53.5 cm³/mol. The van der Waals surface area contributed by atoms with Gasteiger partial charge in [-0.15, -0.1) is 0 Å². The molecular formula is C10H9NO5. The number of aliphatic hydroxyl groups excluding tert-OH is 1. The van der Waals surface area contributed by atoms with Gasteiger partial charge < -0.3 is 19.4 Å². The molecule has 0 aliphatic heterocycles. The highest BCUT2D eigenvalue weighted by Gasteiger charge is 2.10. The number of nitrogens with zero attached hydrogens (tertiary/aromatic N) is 1. The fourth-order valence-electron chi connectivity index (χ4n) is 1.23. The number of carboxylic acids is 1. The number of aliphatic hydroxyl groups is 1. The van der Waals surface area contributed by atoms with Crippen LogP contribution in [-0.4, -0.2) is 34.4 Å². The topological polar surface area (TPSA) is 92.8 Å². The quantitative estimate of drug-likeness (QED) is 0.799. The zero-order chi connectivity index (χ0) is 11.5. The van der Waals surface area contributed by atoms with E-state index < -0.39 is 5.97 Å². The first-order chi connectivity index (χ1) is 7.70. The lowest BCUT2D eigenvalue weighted by atomic mass is 10.2. The van der Waals surface area contributed by atoms with E-state index in [1.165, 1.54) is 18.2 Å².